The van der Waals surface area contributed by atoms with E-state index in [1.165, 1.54) is 18.2 Å². The van der Waals surface area contributed by atoms with E-state index in [1.54, 1.807) is 0 Å². The van der Waals surface area contributed by atoms with Crippen LogP contribution in [0.25, 0.3) is 10.9 Å². The average Bonchev–Trinajstić information content (AvgIpc) is 2.45. The van der Waals surface area contributed by atoms with Crippen LogP contribution in [0.15, 0.2) is 36.9 Å². The minimum Gasteiger partial charge on any atom is -0.476 e. The maximum Gasteiger partial charge on any atom is 0.361 e. The van der Waals surface area contributed by atoms with Crippen LogP contribution in [0.5, 0.6) is 5.75 Å². The van der Waals surface area contributed by atoms with E-state index >= 15 is 0 Å². The fourth-order valence-electron chi connectivity index (χ4n) is 1.66. The summed E-state index contributed by atoms with van der Waals surface area (Å²) in [5, 5.41) is 20.1. The van der Waals surface area contributed by atoms with Gasteiger partial charge in [-0.3, -0.25) is 10.1 Å². The Balaban J connectivity index is 2.60. The number of carboxylic acid groups (broad SMARTS) is 1. The Morgan fingerprint density at radius 1 is 1.38 bits per heavy atom. The number of nitro groups is 1. The van der Waals surface area contributed by atoms with E-state index in [2.05, 4.69) is 11.6 Å². The molecule has 0 atom stereocenters. The lowest BCUT2D eigenvalue weighted by Gasteiger charge is -2.04. The highest BCUT2D eigenvalue weighted by molar-refractivity contribution is 5.95. The number of carbonyl (C=O) groups excluding carboxylic acids is 1. The van der Waals surface area contributed by atoms with Crippen LogP contribution in [0.1, 0.15) is 10.5 Å². The number of ether oxygens (including phenoxy) is 1. The topological polar surface area (TPSA) is 120 Å². The summed E-state index contributed by atoms with van der Waals surface area (Å²) in [5.74, 6) is -2.03. The number of rotatable bonds is 4. The number of benzene rings is 1. The molecule has 106 valence electrons. The Morgan fingerprint density at radius 3 is 2.67 bits per heavy atom. The lowest BCUT2D eigenvalue weighted by molar-refractivity contribution is -0.385. The lowest BCUT2D eigenvalue weighted by Crippen LogP contribution is -2.06. The molecule has 1 heterocycles. The zero-order valence-corrected chi connectivity index (χ0v) is 10.5. The Morgan fingerprint density at radius 2 is 2.10 bits per heavy atom. The van der Waals surface area contributed by atoms with E-state index in [-0.39, 0.29) is 16.7 Å². The first kappa shape index (κ1) is 14.1. The van der Waals surface area contributed by atoms with E-state index < -0.39 is 28.2 Å². The molecule has 0 saturated carbocycles. The zero-order valence-electron chi connectivity index (χ0n) is 10.5. The van der Waals surface area contributed by atoms with Crippen LogP contribution in [-0.2, 0) is 4.79 Å². The molecule has 2 aromatic rings. The molecule has 0 radical (unpaired) electrons. The number of fused-ring (bicyclic) bond motifs is 1. The summed E-state index contributed by atoms with van der Waals surface area (Å²) < 4.78 is 4.88. The Kier molecular flexibility index (Phi) is 3.61. The average molecular weight is 288 g/mol. The van der Waals surface area contributed by atoms with Gasteiger partial charge in [0.15, 0.2) is 0 Å². The Labute approximate surface area is 117 Å². The Hall–Kier alpha value is -3.29. The van der Waals surface area contributed by atoms with E-state index in [9.17, 15) is 19.7 Å². The van der Waals surface area contributed by atoms with Crippen LogP contribution in [0.2, 0.25) is 0 Å². The van der Waals surface area contributed by atoms with Crippen LogP contribution >= 0.6 is 0 Å². The SMILES string of the molecule is C=CC(=O)Oc1ccc2nc(C(=O)O)c([N+](=O)[O-])cc2c1. The molecule has 8 nitrogen and oxygen atoms in total. The molecule has 1 N–H and O–H groups in total. The number of pyridine rings is 1. The molecule has 21 heavy (non-hydrogen) atoms. The molecule has 8 heteroatoms. The summed E-state index contributed by atoms with van der Waals surface area (Å²) in [6, 6.07) is 5.21. The molecule has 1 aromatic carbocycles. The van der Waals surface area contributed by atoms with Crippen molar-refractivity contribution in [2.45, 2.75) is 0 Å². The third-order valence-electron chi connectivity index (χ3n) is 2.55. The first-order chi connectivity index (χ1) is 9.92. The third kappa shape index (κ3) is 2.84. The van der Waals surface area contributed by atoms with Gasteiger partial charge >= 0.3 is 17.6 Å². The first-order valence-electron chi connectivity index (χ1n) is 5.59. The van der Waals surface area contributed by atoms with Gasteiger partial charge in [0, 0.05) is 17.5 Å². The molecule has 0 aliphatic heterocycles. The van der Waals surface area contributed by atoms with Gasteiger partial charge in [0.2, 0.25) is 5.69 Å². The number of carbonyl (C=O) groups is 2. The van der Waals surface area contributed by atoms with Crippen LogP contribution in [-0.4, -0.2) is 27.0 Å². The maximum atomic E-state index is 11.1. The van der Waals surface area contributed by atoms with Crippen molar-refractivity contribution in [2.75, 3.05) is 0 Å². The first-order valence-corrected chi connectivity index (χ1v) is 5.59. The van der Waals surface area contributed by atoms with Crippen LogP contribution in [0.4, 0.5) is 5.69 Å². The fourth-order valence-corrected chi connectivity index (χ4v) is 1.66. The van der Waals surface area contributed by atoms with E-state index in [1.807, 2.05) is 0 Å². The number of hydrogen-bond acceptors (Lipinski definition) is 6. The van der Waals surface area contributed by atoms with Crippen LogP contribution < -0.4 is 4.74 Å². The largest absolute Gasteiger partial charge is 0.476 e. The van der Waals surface area contributed by atoms with Crippen LogP contribution in [0, 0.1) is 10.1 Å². The second kappa shape index (κ2) is 5.37. The van der Waals surface area contributed by atoms with Gasteiger partial charge in [-0.05, 0) is 18.2 Å². The van der Waals surface area contributed by atoms with Gasteiger partial charge < -0.3 is 9.84 Å². The highest BCUT2D eigenvalue weighted by Crippen LogP contribution is 2.26. The van der Waals surface area contributed by atoms with Crippen molar-refractivity contribution < 1.29 is 24.4 Å². The van der Waals surface area contributed by atoms with Crippen LogP contribution in [0.3, 0.4) is 0 Å². The van der Waals surface area contributed by atoms with Crippen molar-refractivity contribution in [1.82, 2.24) is 4.98 Å². The number of aromatic carboxylic acids is 1. The molecule has 2 rings (SSSR count). The summed E-state index contributed by atoms with van der Waals surface area (Å²) >= 11 is 0. The summed E-state index contributed by atoms with van der Waals surface area (Å²) in [5.41, 5.74) is -1.05. The van der Waals surface area contributed by atoms with E-state index in [0.717, 1.165) is 12.1 Å². The monoisotopic (exact) mass is 288 g/mol. The lowest BCUT2D eigenvalue weighted by atomic mass is 10.1. The maximum absolute atomic E-state index is 11.1. The summed E-state index contributed by atoms with van der Waals surface area (Å²) in [4.78, 5) is 35.8. The van der Waals surface area contributed by atoms with Gasteiger partial charge in [-0.1, -0.05) is 6.58 Å². The standard InChI is InChI=1S/C13H8N2O6/c1-2-11(16)21-8-3-4-9-7(5-8)6-10(15(19)20)12(14-9)13(17)18/h2-6H,1H2,(H,17,18). The number of nitrogens with zero attached hydrogens (tertiary/aromatic N) is 2. The van der Waals surface area contributed by atoms with Gasteiger partial charge in [-0.2, -0.15) is 0 Å². The van der Waals surface area contributed by atoms with Crippen molar-refractivity contribution in [3.63, 3.8) is 0 Å². The molecule has 0 aliphatic rings. The molecule has 0 bridgehead atoms. The molecule has 0 amide bonds. The third-order valence-corrected chi connectivity index (χ3v) is 2.55. The molecule has 0 unspecified atom stereocenters. The molecule has 0 spiro atoms. The summed E-state index contributed by atoms with van der Waals surface area (Å²) in [7, 11) is 0. The van der Waals surface area contributed by atoms with E-state index in [4.69, 9.17) is 9.84 Å². The molecular formula is C13H8N2O6. The molecule has 1 aromatic heterocycles. The van der Waals surface area contributed by atoms with Crippen molar-refractivity contribution in [3.8, 4) is 5.75 Å². The predicted molar refractivity (Wildman–Crippen MR) is 71.2 cm³/mol. The van der Waals surface area contributed by atoms with Crippen molar-refractivity contribution in [2.24, 2.45) is 0 Å². The number of hydrogen-bond donors (Lipinski definition) is 1. The highest BCUT2D eigenvalue weighted by Gasteiger charge is 2.22. The molecule has 0 aliphatic carbocycles. The van der Waals surface area contributed by atoms with Gasteiger partial charge in [0.25, 0.3) is 0 Å². The van der Waals surface area contributed by atoms with Crippen molar-refractivity contribution in [3.05, 3.63) is 52.7 Å². The quantitative estimate of drug-likeness (QED) is 0.300. The highest BCUT2D eigenvalue weighted by atomic mass is 16.6. The number of esters is 1. The van der Waals surface area contributed by atoms with Gasteiger partial charge in [-0.25, -0.2) is 14.6 Å². The normalized spacial score (nSPS) is 10.1. The van der Waals surface area contributed by atoms with Gasteiger partial charge in [0.05, 0.1) is 10.4 Å². The van der Waals surface area contributed by atoms with Crippen molar-refractivity contribution in [1.29, 1.82) is 0 Å². The zero-order chi connectivity index (χ0) is 15.6. The fraction of sp³-hybridized carbons (Fsp3) is 0. The minimum atomic E-state index is -1.49. The predicted octanol–water partition coefficient (Wildman–Crippen LogP) is 1.93. The smallest absolute Gasteiger partial charge is 0.361 e. The molecule has 0 saturated heterocycles. The molecular weight excluding hydrogens is 280 g/mol. The van der Waals surface area contributed by atoms with Gasteiger partial charge in [0.1, 0.15) is 5.75 Å². The van der Waals surface area contributed by atoms with Gasteiger partial charge in [-0.15, -0.1) is 0 Å². The van der Waals surface area contributed by atoms with Crippen molar-refractivity contribution >= 4 is 28.5 Å². The second-order valence-corrected chi connectivity index (χ2v) is 3.90. The number of carboxylic acids is 1. The second-order valence-electron chi connectivity index (χ2n) is 3.90. The summed E-state index contributed by atoms with van der Waals surface area (Å²) in [6.07, 6.45) is 0.971. The Bertz CT molecular complexity index is 784. The minimum absolute atomic E-state index is 0.145. The summed E-state index contributed by atoms with van der Waals surface area (Å²) in [6.45, 7) is 3.25. The number of aromatic nitrogens is 1. The molecule has 0 fully saturated rings. The van der Waals surface area contributed by atoms with E-state index in [0.29, 0.717) is 0 Å².